The summed E-state index contributed by atoms with van der Waals surface area (Å²) in [6, 6.07) is 9.15. The highest BCUT2D eigenvalue weighted by molar-refractivity contribution is 6.36. The number of likely N-dealkylation sites (N-methyl/N-ethyl adjacent to an activating group) is 1. The van der Waals surface area contributed by atoms with Crippen LogP contribution in [0.3, 0.4) is 0 Å². The van der Waals surface area contributed by atoms with E-state index in [-0.39, 0.29) is 11.8 Å². The highest BCUT2D eigenvalue weighted by Gasteiger charge is 2.12. The summed E-state index contributed by atoms with van der Waals surface area (Å²) in [6.07, 6.45) is 3.75. The number of amides is 1. The molecule has 0 aliphatic carbocycles. The summed E-state index contributed by atoms with van der Waals surface area (Å²) in [6.45, 7) is 4.07. The first kappa shape index (κ1) is 20.3. The van der Waals surface area contributed by atoms with E-state index < -0.39 is 0 Å². The summed E-state index contributed by atoms with van der Waals surface area (Å²) >= 11 is 12.9. The van der Waals surface area contributed by atoms with Gasteiger partial charge >= 0.3 is 0 Å². The molecule has 2 rings (SSSR count). The van der Waals surface area contributed by atoms with Crippen LogP contribution in [0.15, 0.2) is 36.4 Å². The first-order valence-corrected chi connectivity index (χ1v) is 9.13. The number of benzene rings is 2. The maximum Gasteiger partial charge on any atom is 0.246 e. The van der Waals surface area contributed by atoms with E-state index in [1.54, 1.807) is 38.4 Å². The van der Waals surface area contributed by atoms with Crippen molar-refractivity contribution >= 4 is 35.2 Å². The maximum atomic E-state index is 11.7. The van der Waals surface area contributed by atoms with Crippen LogP contribution in [0, 0.1) is 0 Å². The second-order valence-corrected chi connectivity index (χ2v) is 7.57. The highest BCUT2D eigenvalue weighted by atomic mass is 35.5. The molecule has 0 aliphatic heterocycles. The van der Waals surface area contributed by atoms with Crippen LogP contribution in [0.1, 0.15) is 42.0 Å². The Morgan fingerprint density at radius 2 is 1.77 bits per heavy atom. The van der Waals surface area contributed by atoms with Crippen LogP contribution in [0.5, 0.6) is 5.75 Å². The topological polar surface area (TPSA) is 40.5 Å². The average molecular weight is 392 g/mol. The fourth-order valence-corrected chi connectivity index (χ4v) is 3.22. The smallest absolute Gasteiger partial charge is 0.246 e. The number of hydrogen-bond donors (Lipinski definition) is 1. The lowest BCUT2D eigenvalue weighted by Crippen LogP contribution is -2.18. The molecule has 2 aromatic carbocycles. The van der Waals surface area contributed by atoms with Crippen molar-refractivity contribution in [2.45, 2.75) is 26.2 Å². The number of phenolic OH excluding ortho intramolecular Hbond substituents is 1. The summed E-state index contributed by atoms with van der Waals surface area (Å²) in [7, 11) is 3.39. The molecule has 138 valence electrons. The van der Waals surface area contributed by atoms with Crippen LogP contribution in [0.2, 0.25) is 10.0 Å². The number of aromatic hydroxyl groups is 1. The van der Waals surface area contributed by atoms with Crippen molar-refractivity contribution < 1.29 is 9.90 Å². The Hall–Kier alpha value is -1.97. The summed E-state index contributed by atoms with van der Waals surface area (Å²) < 4.78 is 0. The Morgan fingerprint density at radius 1 is 1.15 bits per heavy atom. The Balaban J connectivity index is 2.29. The molecule has 0 aliphatic rings. The van der Waals surface area contributed by atoms with Gasteiger partial charge in [0, 0.05) is 36.6 Å². The van der Waals surface area contributed by atoms with Crippen molar-refractivity contribution in [2.24, 2.45) is 0 Å². The third-order valence-electron chi connectivity index (χ3n) is 4.12. The van der Waals surface area contributed by atoms with Crippen molar-refractivity contribution in [1.82, 2.24) is 4.90 Å². The van der Waals surface area contributed by atoms with Crippen LogP contribution in [-0.4, -0.2) is 30.0 Å². The normalized spacial score (nSPS) is 11.3. The molecule has 0 radical (unpaired) electrons. The molecule has 5 heteroatoms. The van der Waals surface area contributed by atoms with Gasteiger partial charge in [-0.2, -0.15) is 0 Å². The quantitative estimate of drug-likeness (QED) is 0.682. The molecular formula is C21H23Cl2NO2. The predicted molar refractivity (Wildman–Crippen MR) is 109 cm³/mol. The summed E-state index contributed by atoms with van der Waals surface area (Å²) in [4.78, 5) is 13.2. The molecule has 0 spiro atoms. The van der Waals surface area contributed by atoms with Crippen molar-refractivity contribution in [3.63, 3.8) is 0 Å². The van der Waals surface area contributed by atoms with E-state index in [0.717, 1.165) is 22.3 Å². The van der Waals surface area contributed by atoms with Gasteiger partial charge in [-0.25, -0.2) is 0 Å². The lowest BCUT2D eigenvalue weighted by Gasteiger charge is -2.13. The molecule has 0 bridgehead atoms. The predicted octanol–water partition coefficient (Wildman–Crippen LogP) is 5.51. The Labute approximate surface area is 164 Å². The molecule has 3 nitrogen and oxygen atoms in total. The number of carbonyl (C=O) groups excluding carboxylic acids is 1. The van der Waals surface area contributed by atoms with E-state index >= 15 is 0 Å². The highest BCUT2D eigenvalue weighted by Crippen LogP contribution is 2.32. The molecule has 1 N–H and O–H groups in total. The molecule has 0 aromatic heterocycles. The summed E-state index contributed by atoms with van der Waals surface area (Å²) in [5, 5.41) is 11.1. The van der Waals surface area contributed by atoms with E-state index in [4.69, 9.17) is 23.2 Å². The Morgan fingerprint density at radius 3 is 2.31 bits per heavy atom. The number of phenols is 1. The molecule has 26 heavy (non-hydrogen) atoms. The van der Waals surface area contributed by atoms with Crippen molar-refractivity contribution in [3.05, 3.63) is 68.7 Å². The summed E-state index contributed by atoms with van der Waals surface area (Å²) in [5.41, 5.74) is 3.52. The minimum Gasteiger partial charge on any atom is -0.508 e. The van der Waals surface area contributed by atoms with E-state index in [2.05, 4.69) is 0 Å². The SMILES string of the molecule is CC(C)c1cc(Cc2c(Cl)cc(/C=C/C(=O)N(C)C)cc2Cl)ccc1O. The third-order valence-corrected chi connectivity index (χ3v) is 4.79. The minimum absolute atomic E-state index is 0.105. The first-order chi connectivity index (χ1) is 12.2. The zero-order chi connectivity index (χ0) is 19.4. The molecule has 0 unspecified atom stereocenters. The fourth-order valence-electron chi connectivity index (χ4n) is 2.58. The van der Waals surface area contributed by atoms with Crippen molar-refractivity contribution in [2.75, 3.05) is 14.1 Å². The van der Waals surface area contributed by atoms with Crippen LogP contribution in [0.4, 0.5) is 0 Å². The Bertz CT molecular complexity index is 819. The van der Waals surface area contributed by atoms with Crippen molar-refractivity contribution in [1.29, 1.82) is 0 Å². The number of halogens is 2. The zero-order valence-corrected chi connectivity index (χ0v) is 16.9. The van der Waals surface area contributed by atoms with E-state index in [9.17, 15) is 9.90 Å². The molecule has 0 heterocycles. The molecular weight excluding hydrogens is 369 g/mol. The number of nitrogens with zero attached hydrogens (tertiary/aromatic N) is 1. The molecule has 0 saturated heterocycles. The lowest BCUT2D eigenvalue weighted by molar-refractivity contribution is -0.123. The largest absolute Gasteiger partial charge is 0.508 e. The lowest BCUT2D eigenvalue weighted by atomic mass is 9.96. The van der Waals surface area contributed by atoms with Gasteiger partial charge in [-0.05, 0) is 52.4 Å². The van der Waals surface area contributed by atoms with Crippen LogP contribution in [-0.2, 0) is 11.2 Å². The van der Waals surface area contributed by atoms with Gasteiger partial charge in [-0.15, -0.1) is 0 Å². The standard InChI is InChI=1S/C21H23Cl2NO2/c1-13(2)16-9-14(5-7-20(16)25)10-17-18(22)11-15(12-19(17)23)6-8-21(26)24(3)4/h5-9,11-13,25H,10H2,1-4H3/b8-6+. The van der Waals surface area contributed by atoms with Gasteiger partial charge in [0.25, 0.3) is 0 Å². The fraction of sp³-hybridized carbons (Fsp3) is 0.286. The molecule has 0 saturated carbocycles. The maximum absolute atomic E-state index is 11.7. The average Bonchev–Trinajstić information content (AvgIpc) is 2.56. The summed E-state index contributed by atoms with van der Waals surface area (Å²) in [5.74, 6) is 0.418. The second-order valence-electron chi connectivity index (χ2n) is 6.75. The molecule has 0 fully saturated rings. The van der Waals surface area contributed by atoms with Crippen LogP contribution >= 0.6 is 23.2 Å². The van der Waals surface area contributed by atoms with Gasteiger partial charge in [0.05, 0.1) is 0 Å². The Kier molecular flexibility index (Phi) is 6.74. The number of rotatable bonds is 5. The van der Waals surface area contributed by atoms with Gasteiger partial charge < -0.3 is 10.0 Å². The van der Waals surface area contributed by atoms with E-state index in [1.807, 2.05) is 26.0 Å². The van der Waals surface area contributed by atoms with Gasteiger partial charge in [0.1, 0.15) is 5.75 Å². The minimum atomic E-state index is -0.105. The zero-order valence-electron chi connectivity index (χ0n) is 15.4. The van der Waals surface area contributed by atoms with Crippen LogP contribution < -0.4 is 0 Å². The molecule has 1 amide bonds. The van der Waals surface area contributed by atoms with Gasteiger partial charge in [-0.3, -0.25) is 4.79 Å². The van der Waals surface area contributed by atoms with Gasteiger partial charge in [0.15, 0.2) is 0 Å². The number of carbonyl (C=O) groups is 1. The number of hydrogen-bond acceptors (Lipinski definition) is 2. The van der Waals surface area contributed by atoms with E-state index in [1.165, 1.54) is 11.0 Å². The van der Waals surface area contributed by atoms with Gasteiger partial charge in [0.2, 0.25) is 5.91 Å². The monoisotopic (exact) mass is 391 g/mol. The van der Waals surface area contributed by atoms with Gasteiger partial charge in [-0.1, -0.05) is 49.2 Å². The van der Waals surface area contributed by atoms with E-state index in [0.29, 0.717) is 22.2 Å². The van der Waals surface area contributed by atoms with Crippen molar-refractivity contribution in [3.8, 4) is 5.75 Å². The molecule has 2 aromatic rings. The van der Waals surface area contributed by atoms with Crippen LogP contribution in [0.25, 0.3) is 6.08 Å². The third kappa shape index (κ3) is 5.03. The first-order valence-electron chi connectivity index (χ1n) is 8.38. The second kappa shape index (κ2) is 8.61. The molecule has 0 atom stereocenters.